The molecule has 0 unspecified atom stereocenters. The first-order valence-electron chi connectivity index (χ1n) is 9.21. The number of carbonyl (C=O) groups is 2. The zero-order chi connectivity index (χ0) is 18.5. The van der Waals surface area contributed by atoms with Gasteiger partial charge in [-0.05, 0) is 62.9 Å². The number of ether oxygens (including phenoxy) is 1. The summed E-state index contributed by atoms with van der Waals surface area (Å²) in [4.78, 5) is 26.9. The standard InChI is InChI=1S/C20H25N3O3/c1-3-17-7-4-5-13-22(17)19(24)15(2)26-20(25)16-8-10-18(11-9-16)23-14-6-12-21-23/h6,8-12,14-15,17H,3-5,7,13H2,1-2H3/t15-,17+/m0/s1. The van der Waals surface area contributed by atoms with Gasteiger partial charge in [-0.25, -0.2) is 9.48 Å². The highest BCUT2D eigenvalue weighted by atomic mass is 16.5. The molecule has 6 heteroatoms. The number of nitrogens with zero attached hydrogens (tertiary/aromatic N) is 3. The second-order valence-electron chi connectivity index (χ2n) is 6.63. The Balaban J connectivity index is 1.62. The number of hydrogen-bond acceptors (Lipinski definition) is 4. The second-order valence-corrected chi connectivity index (χ2v) is 6.63. The number of amides is 1. The Morgan fingerprint density at radius 2 is 2.04 bits per heavy atom. The van der Waals surface area contributed by atoms with Crippen LogP contribution in [-0.4, -0.2) is 45.2 Å². The van der Waals surface area contributed by atoms with Gasteiger partial charge >= 0.3 is 5.97 Å². The highest BCUT2D eigenvalue weighted by Gasteiger charge is 2.30. The van der Waals surface area contributed by atoms with Gasteiger partial charge in [-0.3, -0.25) is 4.79 Å². The van der Waals surface area contributed by atoms with E-state index in [0.717, 1.165) is 37.9 Å². The maximum absolute atomic E-state index is 12.7. The minimum Gasteiger partial charge on any atom is -0.449 e. The summed E-state index contributed by atoms with van der Waals surface area (Å²) >= 11 is 0. The fourth-order valence-electron chi connectivity index (χ4n) is 3.40. The number of hydrogen-bond donors (Lipinski definition) is 0. The first-order valence-corrected chi connectivity index (χ1v) is 9.21. The second kappa shape index (κ2) is 8.17. The van der Waals surface area contributed by atoms with E-state index in [1.165, 1.54) is 0 Å². The Morgan fingerprint density at radius 3 is 2.69 bits per heavy atom. The maximum atomic E-state index is 12.7. The van der Waals surface area contributed by atoms with Crippen molar-refractivity contribution in [1.82, 2.24) is 14.7 Å². The monoisotopic (exact) mass is 355 g/mol. The zero-order valence-corrected chi connectivity index (χ0v) is 15.3. The van der Waals surface area contributed by atoms with Crippen LogP contribution in [0, 0.1) is 0 Å². The topological polar surface area (TPSA) is 64.4 Å². The Kier molecular flexibility index (Phi) is 5.71. The normalized spacial score (nSPS) is 18.4. The Hall–Kier alpha value is -2.63. The number of likely N-dealkylation sites (tertiary alicyclic amines) is 1. The van der Waals surface area contributed by atoms with Crippen molar-refractivity contribution in [2.24, 2.45) is 0 Å². The Labute approximate surface area is 153 Å². The minimum atomic E-state index is -0.777. The number of aromatic nitrogens is 2. The lowest BCUT2D eigenvalue weighted by molar-refractivity contribution is -0.143. The third kappa shape index (κ3) is 3.95. The van der Waals surface area contributed by atoms with E-state index in [2.05, 4.69) is 12.0 Å². The SMILES string of the molecule is CC[C@@H]1CCCCN1C(=O)[C@H](C)OC(=O)c1ccc(-n2cccn2)cc1. The van der Waals surface area contributed by atoms with Crippen LogP contribution in [0.15, 0.2) is 42.7 Å². The molecule has 0 radical (unpaired) electrons. The number of carbonyl (C=O) groups excluding carboxylic acids is 2. The van der Waals surface area contributed by atoms with Crippen molar-refractivity contribution in [1.29, 1.82) is 0 Å². The Morgan fingerprint density at radius 1 is 1.27 bits per heavy atom. The third-order valence-corrected chi connectivity index (χ3v) is 4.88. The lowest BCUT2D eigenvalue weighted by Gasteiger charge is -2.36. The largest absolute Gasteiger partial charge is 0.449 e. The van der Waals surface area contributed by atoms with E-state index in [1.807, 2.05) is 17.2 Å². The molecule has 26 heavy (non-hydrogen) atoms. The summed E-state index contributed by atoms with van der Waals surface area (Å²) in [6.07, 6.45) is 6.87. The average Bonchev–Trinajstić information content (AvgIpc) is 3.22. The first kappa shape index (κ1) is 18.2. The van der Waals surface area contributed by atoms with E-state index in [9.17, 15) is 9.59 Å². The van der Waals surface area contributed by atoms with Crippen molar-refractivity contribution in [3.63, 3.8) is 0 Å². The van der Waals surface area contributed by atoms with Crippen molar-refractivity contribution in [3.05, 3.63) is 48.3 Å². The van der Waals surface area contributed by atoms with Gasteiger partial charge in [-0.2, -0.15) is 5.10 Å². The molecule has 1 aliphatic rings. The Bertz CT molecular complexity index is 740. The molecular weight excluding hydrogens is 330 g/mol. The molecule has 0 bridgehead atoms. The smallest absolute Gasteiger partial charge is 0.338 e. The molecule has 1 saturated heterocycles. The van der Waals surface area contributed by atoms with E-state index in [0.29, 0.717) is 5.56 Å². The predicted molar refractivity (Wildman–Crippen MR) is 98.1 cm³/mol. The van der Waals surface area contributed by atoms with Crippen LogP contribution < -0.4 is 0 Å². The number of piperidine rings is 1. The quantitative estimate of drug-likeness (QED) is 0.773. The van der Waals surface area contributed by atoms with Gasteiger partial charge in [0.25, 0.3) is 5.91 Å². The summed E-state index contributed by atoms with van der Waals surface area (Å²) in [6.45, 7) is 4.49. The summed E-state index contributed by atoms with van der Waals surface area (Å²) in [5.41, 5.74) is 1.28. The van der Waals surface area contributed by atoms with E-state index < -0.39 is 12.1 Å². The van der Waals surface area contributed by atoms with Gasteiger partial charge in [0.05, 0.1) is 11.3 Å². The molecular formula is C20H25N3O3. The van der Waals surface area contributed by atoms with Crippen LogP contribution in [0.2, 0.25) is 0 Å². The molecule has 1 fully saturated rings. The highest BCUT2D eigenvalue weighted by Crippen LogP contribution is 2.21. The molecule has 1 aliphatic heterocycles. The molecule has 2 aromatic rings. The first-order chi connectivity index (χ1) is 12.6. The van der Waals surface area contributed by atoms with E-state index in [1.54, 1.807) is 42.1 Å². The van der Waals surface area contributed by atoms with Gasteiger partial charge in [0, 0.05) is 25.0 Å². The van der Waals surface area contributed by atoms with Crippen LogP contribution in [0.25, 0.3) is 5.69 Å². The molecule has 2 atom stereocenters. The van der Waals surface area contributed by atoms with Gasteiger partial charge in [-0.1, -0.05) is 6.92 Å². The molecule has 1 amide bonds. The molecule has 6 nitrogen and oxygen atoms in total. The summed E-state index contributed by atoms with van der Waals surface area (Å²) in [5.74, 6) is -0.582. The fourth-order valence-corrected chi connectivity index (χ4v) is 3.40. The molecule has 0 N–H and O–H groups in total. The average molecular weight is 355 g/mol. The molecule has 138 valence electrons. The predicted octanol–water partition coefficient (Wildman–Crippen LogP) is 3.21. The van der Waals surface area contributed by atoms with E-state index >= 15 is 0 Å². The number of rotatable bonds is 5. The molecule has 0 aliphatic carbocycles. The molecule has 3 rings (SSSR count). The molecule has 0 spiro atoms. The fraction of sp³-hybridized carbons (Fsp3) is 0.450. The van der Waals surface area contributed by atoms with Crippen molar-refractivity contribution in [2.45, 2.75) is 51.7 Å². The molecule has 1 aromatic carbocycles. The van der Waals surface area contributed by atoms with Crippen LogP contribution in [-0.2, 0) is 9.53 Å². The highest BCUT2D eigenvalue weighted by molar-refractivity contribution is 5.92. The number of benzene rings is 1. The van der Waals surface area contributed by atoms with Crippen LogP contribution in [0.5, 0.6) is 0 Å². The van der Waals surface area contributed by atoms with Crippen molar-refractivity contribution in [2.75, 3.05) is 6.54 Å². The van der Waals surface area contributed by atoms with Gasteiger partial charge in [0.15, 0.2) is 6.10 Å². The molecule has 0 saturated carbocycles. The van der Waals surface area contributed by atoms with Crippen LogP contribution in [0.4, 0.5) is 0 Å². The van der Waals surface area contributed by atoms with Gasteiger partial charge in [0.2, 0.25) is 0 Å². The molecule has 2 heterocycles. The van der Waals surface area contributed by atoms with E-state index in [-0.39, 0.29) is 11.9 Å². The molecule has 1 aromatic heterocycles. The summed E-state index contributed by atoms with van der Waals surface area (Å²) in [7, 11) is 0. The minimum absolute atomic E-state index is 0.0990. The van der Waals surface area contributed by atoms with Crippen LogP contribution >= 0.6 is 0 Å². The van der Waals surface area contributed by atoms with Crippen LogP contribution in [0.3, 0.4) is 0 Å². The summed E-state index contributed by atoms with van der Waals surface area (Å²) in [5, 5.41) is 4.15. The third-order valence-electron chi connectivity index (χ3n) is 4.88. The zero-order valence-electron chi connectivity index (χ0n) is 15.3. The number of esters is 1. The van der Waals surface area contributed by atoms with Crippen LogP contribution in [0.1, 0.15) is 49.9 Å². The maximum Gasteiger partial charge on any atom is 0.338 e. The van der Waals surface area contributed by atoms with Gasteiger partial charge < -0.3 is 9.64 Å². The lowest BCUT2D eigenvalue weighted by atomic mass is 9.99. The van der Waals surface area contributed by atoms with E-state index in [4.69, 9.17) is 4.74 Å². The summed E-state index contributed by atoms with van der Waals surface area (Å²) < 4.78 is 7.13. The summed E-state index contributed by atoms with van der Waals surface area (Å²) in [6, 6.07) is 9.06. The lowest BCUT2D eigenvalue weighted by Crippen LogP contribution is -2.48. The van der Waals surface area contributed by atoms with Gasteiger partial charge in [-0.15, -0.1) is 0 Å². The van der Waals surface area contributed by atoms with Crippen molar-refractivity contribution < 1.29 is 14.3 Å². The van der Waals surface area contributed by atoms with Crippen molar-refractivity contribution in [3.8, 4) is 5.69 Å². The van der Waals surface area contributed by atoms with Crippen molar-refractivity contribution >= 4 is 11.9 Å². The van der Waals surface area contributed by atoms with Gasteiger partial charge in [0.1, 0.15) is 0 Å².